The predicted octanol–water partition coefficient (Wildman–Crippen LogP) is 4.69. The molecule has 0 aliphatic carbocycles. The van der Waals surface area contributed by atoms with Gasteiger partial charge in [-0.2, -0.15) is 11.8 Å². The summed E-state index contributed by atoms with van der Waals surface area (Å²) in [7, 11) is 1.92. The lowest BCUT2D eigenvalue weighted by Gasteiger charge is -2.08. The minimum atomic E-state index is 0.732. The molecule has 23 heavy (non-hydrogen) atoms. The molecule has 4 heteroatoms. The summed E-state index contributed by atoms with van der Waals surface area (Å²) in [5.74, 6) is 1.90. The zero-order chi connectivity index (χ0) is 16.1. The number of ether oxygens (including phenoxy) is 1. The third kappa shape index (κ3) is 3.77. The van der Waals surface area contributed by atoms with Crippen LogP contribution in [-0.4, -0.2) is 30.6 Å². The Balaban J connectivity index is 1.85. The summed E-state index contributed by atoms with van der Waals surface area (Å²) in [6.07, 6.45) is 2.08. The number of hydrogen-bond acceptors (Lipinski definition) is 4. The van der Waals surface area contributed by atoms with Crippen molar-refractivity contribution in [2.24, 2.45) is 0 Å². The highest BCUT2D eigenvalue weighted by Crippen LogP contribution is 2.25. The Morgan fingerprint density at radius 3 is 2.61 bits per heavy atom. The Bertz CT molecular complexity index is 787. The van der Waals surface area contributed by atoms with E-state index in [1.165, 1.54) is 0 Å². The van der Waals surface area contributed by atoms with E-state index in [4.69, 9.17) is 9.72 Å². The second kappa shape index (κ2) is 7.38. The number of nitrogens with zero attached hydrogens (tertiary/aromatic N) is 1. The van der Waals surface area contributed by atoms with E-state index in [0.29, 0.717) is 0 Å². The molecule has 0 bridgehead atoms. The van der Waals surface area contributed by atoms with Gasteiger partial charge < -0.3 is 10.1 Å². The average molecular weight is 324 g/mol. The summed E-state index contributed by atoms with van der Waals surface area (Å²) >= 11 is 1.78. The van der Waals surface area contributed by atoms with Gasteiger partial charge in [-0.25, -0.2) is 4.98 Å². The summed E-state index contributed by atoms with van der Waals surface area (Å²) in [5, 5.41) is 4.23. The minimum Gasteiger partial charge on any atom is -0.493 e. The van der Waals surface area contributed by atoms with Gasteiger partial charge >= 0.3 is 0 Å². The normalized spacial score (nSPS) is 10.7. The summed E-state index contributed by atoms with van der Waals surface area (Å²) in [6.45, 7) is 0.732. The number of pyridine rings is 1. The maximum absolute atomic E-state index is 5.74. The van der Waals surface area contributed by atoms with Crippen molar-refractivity contribution in [3.05, 3.63) is 54.6 Å². The van der Waals surface area contributed by atoms with Gasteiger partial charge in [0, 0.05) is 29.4 Å². The first-order valence-electron chi connectivity index (χ1n) is 7.61. The summed E-state index contributed by atoms with van der Waals surface area (Å²) in [5.41, 5.74) is 4.18. The highest BCUT2D eigenvalue weighted by atomic mass is 32.2. The van der Waals surface area contributed by atoms with Gasteiger partial charge in [0.1, 0.15) is 5.75 Å². The first-order chi connectivity index (χ1) is 11.3. The van der Waals surface area contributed by atoms with Crippen LogP contribution in [-0.2, 0) is 0 Å². The van der Waals surface area contributed by atoms with E-state index in [-0.39, 0.29) is 0 Å². The number of thioether (sulfide) groups is 1. The van der Waals surface area contributed by atoms with Gasteiger partial charge in [-0.1, -0.05) is 18.2 Å². The first kappa shape index (κ1) is 15.7. The van der Waals surface area contributed by atoms with Crippen LogP contribution in [0, 0.1) is 0 Å². The molecule has 0 atom stereocenters. The fourth-order valence-corrected chi connectivity index (χ4v) is 2.65. The number of nitrogens with one attached hydrogen (secondary N) is 1. The molecule has 0 amide bonds. The minimum absolute atomic E-state index is 0.732. The van der Waals surface area contributed by atoms with E-state index in [1.54, 1.807) is 11.8 Å². The SMILES string of the molecule is CNc1ccc(-c2ccc3cc(OCCSC)ccc3n2)cc1. The maximum atomic E-state index is 5.74. The van der Waals surface area contributed by atoms with Crippen molar-refractivity contribution in [1.82, 2.24) is 4.98 Å². The zero-order valence-corrected chi connectivity index (χ0v) is 14.2. The number of aromatic nitrogens is 1. The number of anilines is 1. The van der Waals surface area contributed by atoms with E-state index >= 15 is 0 Å². The smallest absolute Gasteiger partial charge is 0.120 e. The van der Waals surface area contributed by atoms with Crippen LogP contribution in [0.15, 0.2) is 54.6 Å². The summed E-state index contributed by atoms with van der Waals surface area (Å²) in [6, 6.07) is 18.5. The molecule has 0 spiro atoms. The third-order valence-electron chi connectivity index (χ3n) is 3.69. The molecule has 0 aliphatic rings. The molecular formula is C19H20N2OS. The van der Waals surface area contributed by atoms with E-state index in [9.17, 15) is 0 Å². The molecule has 3 nitrogen and oxygen atoms in total. The molecule has 0 radical (unpaired) electrons. The van der Waals surface area contributed by atoms with Crippen LogP contribution in [0.5, 0.6) is 5.75 Å². The van der Waals surface area contributed by atoms with Gasteiger partial charge in [-0.05, 0) is 42.7 Å². The van der Waals surface area contributed by atoms with Crippen LogP contribution in [0.25, 0.3) is 22.2 Å². The molecule has 0 saturated heterocycles. The number of benzene rings is 2. The Kier molecular flexibility index (Phi) is 5.03. The number of hydrogen-bond donors (Lipinski definition) is 1. The molecule has 0 unspecified atom stereocenters. The molecule has 3 aromatic rings. The van der Waals surface area contributed by atoms with E-state index in [0.717, 1.165) is 46.0 Å². The highest BCUT2D eigenvalue weighted by Gasteiger charge is 2.03. The Morgan fingerprint density at radius 2 is 1.87 bits per heavy atom. The van der Waals surface area contributed by atoms with Crippen LogP contribution < -0.4 is 10.1 Å². The van der Waals surface area contributed by atoms with Gasteiger partial charge in [-0.15, -0.1) is 0 Å². The Morgan fingerprint density at radius 1 is 1.04 bits per heavy atom. The van der Waals surface area contributed by atoms with Gasteiger partial charge in [0.2, 0.25) is 0 Å². The molecule has 0 saturated carbocycles. The van der Waals surface area contributed by atoms with Crippen molar-refractivity contribution >= 4 is 28.4 Å². The van der Waals surface area contributed by atoms with Gasteiger partial charge in [0.25, 0.3) is 0 Å². The molecule has 118 valence electrons. The largest absolute Gasteiger partial charge is 0.493 e. The number of fused-ring (bicyclic) bond motifs is 1. The second-order valence-electron chi connectivity index (χ2n) is 5.22. The Hall–Kier alpha value is -2.20. The molecule has 0 fully saturated rings. The van der Waals surface area contributed by atoms with Crippen LogP contribution in [0.3, 0.4) is 0 Å². The van der Waals surface area contributed by atoms with Gasteiger partial charge in [0.05, 0.1) is 17.8 Å². The van der Waals surface area contributed by atoms with Crippen molar-refractivity contribution in [1.29, 1.82) is 0 Å². The monoisotopic (exact) mass is 324 g/mol. The lowest BCUT2D eigenvalue weighted by molar-refractivity contribution is 0.344. The van der Waals surface area contributed by atoms with Crippen molar-refractivity contribution in [3.63, 3.8) is 0 Å². The number of rotatable bonds is 6. The van der Waals surface area contributed by atoms with E-state index in [2.05, 4.69) is 54.0 Å². The highest BCUT2D eigenvalue weighted by molar-refractivity contribution is 7.98. The van der Waals surface area contributed by atoms with Crippen molar-refractivity contribution in [2.75, 3.05) is 31.0 Å². The van der Waals surface area contributed by atoms with Crippen LogP contribution in [0.2, 0.25) is 0 Å². The summed E-state index contributed by atoms with van der Waals surface area (Å²) < 4.78 is 5.74. The van der Waals surface area contributed by atoms with Crippen molar-refractivity contribution < 1.29 is 4.74 Å². The Labute approximate surface area is 141 Å². The van der Waals surface area contributed by atoms with Crippen molar-refractivity contribution in [2.45, 2.75) is 0 Å². The van der Waals surface area contributed by atoms with Gasteiger partial charge in [0.15, 0.2) is 0 Å². The second-order valence-corrected chi connectivity index (χ2v) is 6.21. The molecule has 1 heterocycles. The van der Waals surface area contributed by atoms with Gasteiger partial charge in [-0.3, -0.25) is 0 Å². The standard InChI is InChI=1S/C19H20N2OS/c1-20-16-6-3-14(4-7-16)18-9-5-15-13-17(22-11-12-23-2)8-10-19(15)21-18/h3-10,13,20H,11-12H2,1-2H3. The first-order valence-corrected chi connectivity index (χ1v) is 9.00. The molecular weight excluding hydrogens is 304 g/mol. The maximum Gasteiger partial charge on any atom is 0.120 e. The molecule has 1 N–H and O–H groups in total. The third-order valence-corrected chi connectivity index (χ3v) is 4.26. The van der Waals surface area contributed by atoms with Crippen LogP contribution in [0.4, 0.5) is 5.69 Å². The topological polar surface area (TPSA) is 34.1 Å². The zero-order valence-electron chi connectivity index (χ0n) is 13.4. The van der Waals surface area contributed by atoms with E-state index in [1.807, 2.05) is 19.2 Å². The molecule has 1 aromatic heterocycles. The van der Waals surface area contributed by atoms with E-state index < -0.39 is 0 Å². The molecule has 3 rings (SSSR count). The average Bonchev–Trinajstić information content (AvgIpc) is 2.61. The fourth-order valence-electron chi connectivity index (χ4n) is 2.40. The van der Waals surface area contributed by atoms with Crippen LogP contribution >= 0.6 is 11.8 Å². The predicted molar refractivity (Wildman–Crippen MR) is 101 cm³/mol. The molecule has 2 aromatic carbocycles. The lowest BCUT2D eigenvalue weighted by atomic mass is 10.1. The summed E-state index contributed by atoms with van der Waals surface area (Å²) in [4.78, 5) is 4.76. The fraction of sp³-hybridized carbons (Fsp3) is 0.211. The van der Waals surface area contributed by atoms with Crippen molar-refractivity contribution in [3.8, 4) is 17.0 Å². The van der Waals surface area contributed by atoms with Crippen LogP contribution in [0.1, 0.15) is 0 Å². The quantitative estimate of drug-likeness (QED) is 0.667. The molecule has 0 aliphatic heterocycles. The lowest BCUT2D eigenvalue weighted by Crippen LogP contribution is -1.99.